The molecule has 4 heteroatoms. The van der Waals surface area contributed by atoms with E-state index >= 15 is 0 Å². The molecule has 2 fully saturated rings. The molecule has 0 saturated heterocycles. The van der Waals surface area contributed by atoms with Crippen LogP contribution in [0.25, 0.3) is 0 Å². The second-order valence-electron chi connectivity index (χ2n) is 6.03. The molecule has 104 valence electrons. The molecule has 0 unspecified atom stereocenters. The van der Waals surface area contributed by atoms with Gasteiger partial charge in [0.25, 0.3) is 0 Å². The van der Waals surface area contributed by atoms with E-state index in [1.165, 1.54) is 12.8 Å². The fourth-order valence-corrected chi connectivity index (χ4v) is 3.24. The summed E-state index contributed by atoms with van der Waals surface area (Å²) in [5, 5.41) is 3.15. The van der Waals surface area contributed by atoms with Gasteiger partial charge in [-0.25, -0.2) is 0 Å². The van der Waals surface area contributed by atoms with E-state index in [2.05, 4.69) is 17.3 Å². The summed E-state index contributed by atoms with van der Waals surface area (Å²) < 4.78 is 0. The Balaban J connectivity index is 1.69. The van der Waals surface area contributed by atoms with Crippen molar-refractivity contribution >= 4 is 5.91 Å². The van der Waals surface area contributed by atoms with E-state index in [9.17, 15) is 4.79 Å². The zero-order chi connectivity index (χ0) is 13.0. The largest absolute Gasteiger partial charge is 0.352 e. The molecule has 0 atom stereocenters. The first-order chi connectivity index (χ1) is 8.65. The molecule has 0 aromatic heterocycles. The van der Waals surface area contributed by atoms with Crippen molar-refractivity contribution in [2.45, 2.75) is 69.5 Å². The van der Waals surface area contributed by atoms with Crippen LogP contribution in [0.3, 0.4) is 0 Å². The summed E-state index contributed by atoms with van der Waals surface area (Å²) in [6.07, 6.45) is 9.31. The van der Waals surface area contributed by atoms with Gasteiger partial charge in [-0.3, -0.25) is 9.69 Å². The van der Waals surface area contributed by atoms with E-state index in [1.807, 2.05) is 0 Å². The maximum absolute atomic E-state index is 11.9. The minimum atomic E-state index is 0.194. The standard InChI is InChI=1S/C14H27N3O/c1-17(13-8-6-11(15)7-9-13)10-14(18)16-12-4-2-3-5-12/h11-13H,2-10,15H2,1H3,(H,16,18). The van der Waals surface area contributed by atoms with Gasteiger partial charge in [0, 0.05) is 18.1 Å². The van der Waals surface area contributed by atoms with Crippen LogP contribution in [0.4, 0.5) is 0 Å². The molecule has 2 saturated carbocycles. The van der Waals surface area contributed by atoms with Crippen LogP contribution in [0.2, 0.25) is 0 Å². The highest BCUT2D eigenvalue weighted by Gasteiger charge is 2.24. The van der Waals surface area contributed by atoms with Crippen molar-refractivity contribution in [1.82, 2.24) is 10.2 Å². The first-order valence-electron chi connectivity index (χ1n) is 7.40. The minimum Gasteiger partial charge on any atom is -0.352 e. The Morgan fingerprint density at radius 1 is 1.17 bits per heavy atom. The molecular weight excluding hydrogens is 226 g/mol. The third-order valence-electron chi connectivity index (χ3n) is 4.48. The van der Waals surface area contributed by atoms with Crippen LogP contribution < -0.4 is 11.1 Å². The van der Waals surface area contributed by atoms with E-state index in [-0.39, 0.29) is 5.91 Å². The van der Waals surface area contributed by atoms with Gasteiger partial charge in [0.1, 0.15) is 0 Å². The first kappa shape index (κ1) is 13.8. The molecule has 3 N–H and O–H groups in total. The van der Waals surface area contributed by atoms with Crippen molar-refractivity contribution in [2.75, 3.05) is 13.6 Å². The van der Waals surface area contributed by atoms with Crippen LogP contribution in [-0.2, 0) is 4.79 Å². The van der Waals surface area contributed by atoms with Crippen molar-refractivity contribution in [1.29, 1.82) is 0 Å². The van der Waals surface area contributed by atoms with E-state index in [4.69, 9.17) is 5.73 Å². The lowest BCUT2D eigenvalue weighted by atomic mass is 9.91. The first-order valence-corrected chi connectivity index (χ1v) is 7.40. The molecular formula is C14H27N3O. The van der Waals surface area contributed by atoms with Crippen LogP contribution in [-0.4, -0.2) is 42.5 Å². The third kappa shape index (κ3) is 3.95. The molecule has 18 heavy (non-hydrogen) atoms. The second kappa shape index (κ2) is 6.53. The molecule has 2 rings (SSSR count). The summed E-state index contributed by atoms with van der Waals surface area (Å²) in [4.78, 5) is 14.1. The van der Waals surface area contributed by atoms with Gasteiger partial charge in [-0.1, -0.05) is 12.8 Å². The number of carbonyl (C=O) groups excluding carboxylic acids is 1. The molecule has 4 nitrogen and oxygen atoms in total. The molecule has 0 heterocycles. The number of hydrogen-bond acceptors (Lipinski definition) is 3. The summed E-state index contributed by atoms with van der Waals surface area (Å²) in [6, 6.07) is 1.35. The highest BCUT2D eigenvalue weighted by Crippen LogP contribution is 2.21. The Kier molecular flexibility index (Phi) is 5.01. The zero-order valence-electron chi connectivity index (χ0n) is 11.5. The maximum atomic E-state index is 11.9. The predicted molar refractivity (Wildman–Crippen MR) is 73.3 cm³/mol. The van der Waals surface area contributed by atoms with Crippen LogP contribution >= 0.6 is 0 Å². The Morgan fingerprint density at radius 3 is 2.39 bits per heavy atom. The topological polar surface area (TPSA) is 58.4 Å². The Bertz CT molecular complexity index is 268. The van der Waals surface area contributed by atoms with Gasteiger partial charge in [-0.05, 0) is 45.6 Å². The van der Waals surface area contributed by atoms with Crippen molar-refractivity contribution in [3.05, 3.63) is 0 Å². The van der Waals surface area contributed by atoms with E-state index < -0.39 is 0 Å². The number of rotatable bonds is 4. The molecule has 1 amide bonds. The number of carbonyl (C=O) groups is 1. The Morgan fingerprint density at radius 2 is 1.78 bits per heavy atom. The van der Waals surface area contributed by atoms with Crippen molar-refractivity contribution in [3.8, 4) is 0 Å². The minimum absolute atomic E-state index is 0.194. The maximum Gasteiger partial charge on any atom is 0.234 e. The number of nitrogens with two attached hydrogens (primary N) is 1. The van der Waals surface area contributed by atoms with Gasteiger partial charge in [-0.2, -0.15) is 0 Å². The third-order valence-corrected chi connectivity index (χ3v) is 4.48. The fourth-order valence-electron chi connectivity index (χ4n) is 3.24. The average Bonchev–Trinajstić information content (AvgIpc) is 2.82. The van der Waals surface area contributed by atoms with E-state index in [0.717, 1.165) is 38.5 Å². The van der Waals surface area contributed by atoms with Crippen LogP contribution in [0.5, 0.6) is 0 Å². The second-order valence-corrected chi connectivity index (χ2v) is 6.03. The SMILES string of the molecule is CN(CC(=O)NC1CCCC1)C1CCC(N)CC1. The smallest absolute Gasteiger partial charge is 0.234 e. The average molecular weight is 253 g/mol. The quantitative estimate of drug-likeness (QED) is 0.792. The van der Waals surface area contributed by atoms with Gasteiger partial charge < -0.3 is 11.1 Å². The Labute approximate surface area is 110 Å². The molecule has 0 aromatic rings. The molecule has 2 aliphatic rings. The highest BCUT2D eigenvalue weighted by molar-refractivity contribution is 5.78. The van der Waals surface area contributed by atoms with Gasteiger partial charge in [0.15, 0.2) is 0 Å². The number of nitrogens with zero attached hydrogens (tertiary/aromatic N) is 1. The lowest BCUT2D eigenvalue weighted by molar-refractivity contribution is -0.123. The van der Waals surface area contributed by atoms with Gasteiger partial charge >= 0.3 is 0 Å². The lowest BCUT2D eigenvalue weighted by Crippen LogP contribution is -2.45. The Hall–Kier alpha value is -0.610. The molecule has 0 bridgehead atoms. The summed E-state index contributed by atoms with van der Waals surface area (Å²) >= 11 is 0. The van der Waals surface area contributed by atoms with Crippen molar-refractivity contribution in [2.24, 2.45) is 5.73 Å². The van der Waals surface area contributed by atoms with Crippen molar-refractivity contribution in [3.63, 3.8) is 0 Å². The zero-order valence-corrected chi connectivity index (χ0v) is 11.5. The van der Waals surface area contributed by atoms with Crippen LogP contribution in [0, 0.1) is 0 Å². The number of amides is 1. The summed E-state index contributed by atoms with van der Waals surface area (Å²) in [5.74, 6) is 0.194. The fraction of sp³-hybridized carbons (Fsp3) is 0.929. The lowest BCUT2D eigenvalue weighted by Gasteiger charge is -2.33. The van der Waals surface area contributed by atoms with E-state index in [1.54, 1.807) is 0 Å². The van der Waals surface area contributed by atoms with Crippen molar-refractivity contribution < 1.29 is 4.79 Å². The summed E-state index contributed by atoms with van der Waals surface area (Å²) in [6.45, 7) is 0.538. The summed E-state index contributed by atoms with van der Waals surface area (Å²) in [7, 11) is 2.07. The van der Waals surface area contributed by atoms with Crippen LogP contribution in [0.1, 0.15) is 51.4 Å². The molecule has 0 aromatic carbocycles. The molecule has 0 aliphatic heterocycles. The van der Waals surface area contributed by atoms with E-state index in [0.29, 0.717) is 24.7 Å². The number of hydrogen-bond donors (Lipinski definition) is 2. The van der Waals surface area contributed by atoms with Gasteiger partial charge in [0.05, 0.1) is 6.54 Å². The van der Waals surface area contributed by atoms with Gasteiger partial charge in [-0.15, -0.1) is 0 Å². The molecule has 2 aliphatic carbocycles. The number of likely N-dealkylation sites (N-methyl/N-ethyl adjacent to an activating group) is 1. The number of nitrogens with one attached hydrogen (secondary N) is 1. The molecule has 0 radical (unpaired) electrons. The predicted octanol–water partition coefficient (Wildman–Crippen LogP) is 1.25. The highest BCUT2D eigenvalue weighted by atomic mass is 16.2. The normalized spacial score (nSPS) is 29.7. The van der Waals surface area contributed by atoms with Gasteiger partial charge in [0.2, 0.25) is 5.91 Å². The monoisotopic (exact) mass is 253 g/mol. The van der Waals surface area contributed by atoms with Crippen LogP contribution in [0.15, 0.2) is 0 Å². The molecule has 0 spiro atoms. The summed E-state index contributed by atoms with van der Waals surface area (Å²) in [5.41, 5.74) is 5.91.